The number of unbranched alkanes of at least 4 members (excludes halogenated alkanes) is 1. The molecule has 1 heterocycles. The van der Waals surface area contributed by atoms with Crippen molar-refractivity contribution < 1.29 is 4.79 Å². The van der Waals surface area contributed by atoms with E-state index in [1.54, 1.807) is 0 Å². The molecule has 1 aromatic carbocycles. The fraction of sp³-hybridized carbons (Fsp3) is 0.412. The van der Waals surface area contributed by atoms with Gasteiger partial charge in [-0.25, -0.2) is 0 Å². The van der Waals surface area contributed by atoms with E-state index in [-0.39, 0.29) is 5.91 Å². The van der Waals surface area contributed by atoms with Crippen LogP contribution in [0.2, 0.25) is 0 Å². The Morgan fingerprint density at radius 3 is 2.77 bits per heavy atom. The summed E-state index contributed by atoms with van der Waals surface area (Å²) in [6.07, 6.45) is 1.84. The highest BCUT2D eigenvalue weighted by Gasteiger charge is 2.07. The molecule has 0 unspecified atom stereocenters. The second-order valence-corrected chi connectivity index (χ2v) is 5.54. The van der Waals surface area contributed by atoms with Crippen LogP contribution in [0.4, 0.5) is 0 Å². The van der Waals surface area contributed by atoms with Gasteiger partial charge < -0.3 is 11.1 Å². The van der Waals surface area contributed by atoms with Crippen molar-refractivity contribution in [3.05, 3.63) is 52.8 Å². The maximum Gasteiger partial charge on any atom is 0.251 e. The van der Waals surface area contributed by atoms with E-state index in [0.717, 1.165) is 29.8 Å². The number of rotatable bonds is 7. The average Bonchev–Trinajstić information content (AvgIpc) is 2.81. The minimum Gasteiger partial charge on any atom is -0.352 e. The summed E-state index contributed by atoms with van der Waals surface area (Å²) in [6, 6.07) is 9.74. The van der Waals surface area contributed by atoms with Gasteiger partial charge in [0.1, 0.15) is 0 Å². The molecule has 2 aromatic rings. The van der Waals surface area contributed by atoms with Crippen molar-refractivity contribution >= 4 is 5.91 Å². The lowest BCUT2D eigenvalue weighted by Crippen LogP contribution is -2.25. The summed E-state index contributed by atoms with van der Waals surface area (Å²) in [5.74, 6) is -0.0350. The van der Waals surface area contributed by atoms with Gasteiger partial charge >= 0.3 is 0 Å². The van der Waals surface area contributed by atoms with Gasteiger partial charge in [-0.3, -0.25) is 9.48 Å². The number of nitrogens with two attached hydrogens (primary N) is 1. The number of aryl methyl sites for hydroxylation is 2. The maximum atomic E-state index is 12.1. The zero-order chi connectivity index (χ0) is 15.9. The highest BCUT2D eigenvalue weighted by atomic mass is 16.1. The van der Waals surface area contributed by atoms with Crippen molar-refractivity contribution in [2.24, 2.45) is 5.73 Å². The number of aromatic nitrogens is 2. The quantitative estimate of drug-likeness (QED) is 0.768. The highest BCUT2D eigenvalue weighted by Crippen LogP contribution is 2.10. The first-order valence-electron chi connectivity index (χ1n) is 7.68. The van der Waals surface area contributed by atoms with E-state index >= 15 is 0 Å². The van der Waals surface area contributed by atoms with E-state index in [1.165, 1.54) is 0 Å². The number of hydrogen-bond donors (Lipinski definition) is 2. The SMILES string of the molecule is Cc1cc(C)n(Cc2cccc(C(=O)NCCCCN)c2)n1. The largest absolute Gasteiger partial charge is 0.352 e. The monoisotopic (exact) mass is 300 g/mol. The van der Waals surface area contributed by atoms with Crippen LogP contribution in [0.15, 0.2) is 30.3 Å². The molecular weight excluding hydrogens is 276 g/mol. The van der Waals surface area contributed by atoms with Gasteiger partial charge in [-0.05, 0) is 57.0 Å². The normalized spacial score (nSPS) is 10.7. The Morgan fingerprint density at radius 2 is 2.09 bits per heavy atom. The van der Waals surface area contributed by atoms with Gasteiger partial charge in [-0.15, -0.1) is 0 Å². The fourth-order valence-corrected chi connectivity index (χ4v) is 2.39. The molecular formula is C17H24N4O. The van der Waals surface area contributed by atoms with Crippen molar-refractivity contribution in [1.82, 2.24) is 15.1 Å². The standard InChI is InChI=1S/C17H24N4O/c1-13-10-14(2)21(20-13)12-15-6-5-7-16(11-15)17(22)19-9-4-3-8-18/h5-7,10-11H,3-4,8-9,12,18H2,1-2H3,(H,19,22). The van der Waals surface area contributed by atoms with Crippen molar-refractivity contribution in [2.45, 2.75) is 33.2 Å². The Labute approximate surface area is 131 Å². The topological polar surface area (TPSA) is 72.9 Å². The van der Waals surface area contributed by atoms with Crippen LogP contribution in [0.25, 0.3) is 0 Å². The third-order valence-electron chi connectivity index (χ3n) is 3.54. The second kappa shape index (κ2) is 7.75. The van der Waals surface area contributed by atoms with Crippen molar-refractivity contribution in [3.63, 3.8) is 0 Å². The van der Waals surface area contributed by atoms with Gasteiger partial charge in [0.25, 0.3) is 5.91 Å². The van der Waals surface area contributed by atoms with Crippen LogP contribution in [0, 0.1) is 13.8 Å². The predicted octanol–water partition coefficient (Wildman–Crippen LogP) is 2.02. The molecule has 0 bridgehead atoms. The lowest BCUT2D eigenvalue weighted by molar-refractivity contribution is 0.0953. The third-order valence-corrected chi connectivity index (χ3v) is 3.54. The van der Waals surface area contributed by atoms with Crippen LogP contribution >= 0.6 is 0 Å². The number of hydrogen-bond acceptors (Lipinski definition) is 3. The molecule has 5 nitrogen and oxygen atoms in total. The molecule has 22 heavy (non-hydrogen) atoms. The number of carbonyl (C=O) groups excluding carboxylic acids is 1. The molecule has 0 aliphatic carbocycles. The Morgan fingerprint density at radius 1 is 1.27 bits per heavy atom. The zero-order valence-corrected chi connectivity index (χ0v) is 13.3. The first-order valence-corrected chi connectivity index (χ1v) is 7.68. The van der Waals surface area contributed by atoms with Crippen LogP contribution in [0.3, 0.4) is 0 Å². The summed E-state index contributed by atoms with van der Waals surface area (Å²) < 4.78 is 1.95. The van der Waals surface area contributed by atoms with Crippen LogP contribution in [-0.4, -0.2) is 28.8 Å². The van der Waals surface area contributed by atoms with E-state index in [0.29, 0.717) is 25.2 Å². The summed E-state index contributed by atoms with van der Waals surface area (Å²) in [5.41, 5.74) is 9.33. The van der Waals surface area contributed by atoms with Crippen LogP contribution < -0.4 is 11.1 Å². The first kappa shape index (κ1) is 16.2. The van der Waals surface area contributed by atoms with Crippen LogP contribution in [-0.2, 0) is 6.54 Å². The highest BCUT2D eigenvalue weighted by molar-refractivity contribution is 5.94. The van der Waals surface area contributed by atoms with Gasteiger partial charge in [0.05, 0.1) is 12.2 Å². The van der Waals surface area contributed by atoms with E-state index in [2.05, 4.69) is 10.4 Å². The van der Waals surface area contributed by atoms with E-state index in [4.69, 9.17) is 5.73 Å². The molecule has 0 saturated heterocycles. The number of carbonyl (C=O) groups is 1. The fourth-order valence-electron chi connectivity index (χ4n) is 2.39. The summed E-state index contributed by atoms with van der Waals surface area (Å²) >= 11 is 0. The minimum absolute atomic E-state index is 0.0350. The summed E-state index contributed by atoms with van der Waals surface area (Å²) in [7, 11) is 0. The summed E-state index contributed by atoms with van der Waals surface area (Å²) in [6.45, 7) is 6.02. The van der Waals surface area contributed by atoms with E-state index in [1.807, 2.05) is 48.9 Å². The maximum absolute atomic E-state index is 12.1. The molecule has 1 amide bonds. The molecule has 0 spiro atoms. The second-order valence-electron chi connectivity index (χ2n) is 5.54. The summed E-state index contributed by atoms with van der Waals surface area (Å²) in [5, 5.41) is 7.38. The molecule has 5 heteroatoms. The number of nitrogens with one attached hydrogen (secondary N) is 1. The van der Waals surface area contributed by atoms with Crippen molar-refractivity contribution in [2.75, 3.05) is 13.1 Å². The van der Waals surface area contributed by atoms with Gasteiger partial charge in [-0.1, -0.05) is 12.1 Å². The molecule has 3 N–H and O–H groups in total. The van der Waals surface area contributed by atoms with E-state index < -0.39 is 0 Å². The van der Waals surface area contributed by atoms with E-state index in [9.17, 15) is 4.79 Å². The molecule has 0 atom stereocenters. The molecule has 0 saturated carbocycles. The predicted molar refractivity (Wildman–Crippen MR) is 87.9 cm³/mol. The van der Waals surface area contributed by atoms with Gasteiger partial charge in [0.2, 0.25) is 0 Å². The Kier molecular flexibility index (Phi) is 5.72. The van der Waals surface area contributed by atoms with Crippen LogP contribution in [0.5, 0.6) is 0 Å². The average molecular weight is 300 g/mol. The Balaban J connectivity index is 2.00. The third kappa shape index (κ3) is 4.43. The molecule has 2 rings (SSSR count). The minimum atomic E-state index is -0.0350. The molecule has 0 aliphatic heterocycles. The zero-order valence-electron chi connectivity index (χ0n) is 13.3. The lowest BCUT2D eigenvalue weighted by atomic mass is 10.1. The number of nitrogens with zero attached hydrogens (tertiary/aromatic N) is 2. The lowest BCUT2D eigenvalue weighted by Gasteiger charge is -2.08. The molecule has 0 aliphatic rings. The van der Waals surface area contributed by atoms with Crippen LogP contribution in [0.1, 0.15) is 40.2 Å². The Hall–Kier alpha value is -2.14. The first-order chi connectivity index (χ1) is 10.6. The smallest absolute Gasteiger partial charge is 0.251 e. The molecule has 0 radical (unpaired) electrons. The Bertz CT molecular complexity index is 633. The molecule has 1 aromatic heterocycles. The van der Waals surface area contributed by atoms with Gasteiger partial charge in [0.15, 0.2) is 0 Å². The van der Waals surface area contributed by atoms with Gasteiger partial charge in [-0.2, -0.15) is 5.10 Å². The molecule has 118 valence electrons. The molecule has 0 fully saturated rings. The van der Waals surface area contributed by atoms with Crippen molar-refractivity contribution in [1.29, 1.82) is 0 Å². The number of amides is 1. The van der Waals surface area contributed by atoms with Gasteiger partial charge in [0, 0.05) is 17.8 Å². The number of benzene rings is 1. The van der Waals surface area contributed by atoms with Crippen molar-refractivity contribution in [3.8, 4) is 0 Å². The summed E-state index contributed by atoms with van der Waals surface area (Å²) in [4.78, 5) is 12.1.